The number of nitrogens with zero attached hydrogens (tertiary/aromatic N) is 2. The third kappa shape index (κ3) is 1.26. The molecule has 0 aliphatic rings. The normalized spacial score (nSPS) is 11.9. The number of rotatable bonds is 1. The first-order valence-corrected chi connectivity index (χ1v) is 4.11. The van der Waals surface area contributed by atoms with Gasteiger partial charge in [0.2, 0.25) is 0 Å². The Morgan fingerprint density at radius 1 is 1.00 bits per heavy atom. The van der Waals surface area contributed by atoms with Crippen molar-refractivity contribution in [2.45, 2.75) is 0 Å². The Morgan fingerprint density at radius 3 is 2.50 bits per heavy atom. The van der Waals surface area contributed by atoms with Crippen molar-refractivity contribution in [3.63, 3.8) is 0 Å². The molecular formula is C10H7N2O2-. The van der Waals surface area contributed by atoms with Gasteiger partial charge in [0.1, 0.15) is 0 Å². The zero-order valence-corrected chi connectivity index (χ0v) is 7.25. The molecule has 2 aromatic carbocycles. The van der Waals surface area contributed by atoms with Crippen molar-refractivity contribution in [3.05, 3.63) is 52.9 Å². The number of benzene rings is 2. The molecule has 4 heteroatoms. The summed E-state index contributed by atoms with van der Waals surface area (Å²) in [5, 5.41) is 25.2. The highest BCUT2D eigenvalue weighted by molar-refractivity contribution is 5.90. The maximum Gasteiger partial charge on any atom is 0.251 e. The molecule has 0 amide bonds. The maximum atomic E-state index is 11.1. The first-order valence-electron chi connectivity index (χ1n) is 4.11. The molecule has 70 valence electrons. The summed E-state index contributed by atoms with van der Waals surface area (Å²) in [6, 6.07) is 12.5. The van der Waals surface area contributed by atoms with Gasteiger partial charge in [0.25, 0.3) is 5.69 Å². The largest absolute Gasteiger partial charge is 0.739 e. The van der Waals surface area contributed by atoms with Gasteiger partial charge in [0, 0.05) is 6.07 Å². The molecule has 0 heterocycles. The van der Waals surface area contributed by atoms with Gasteiger partial charge in [0.15, 0.2) is 0 Å². The van der Waals surface area contributed by atoms with Gasteiger partial charge in [-0.1, -0.05) is 35.2 Å². The van der Waals surface area contributed by atoms with Crippen LogP contribution < -0.4 is 0 Å². The van der Waals surface area contributed by atoms with Crippen molar-refractivity contribution in [1.29, 1.82) is 0 Å². The molecule has 0 N–H and O–H groups in total. The summed E-state index contributed by atoms with van der Waals surface area (Å²) in [6.07, 6.45) is 0. The van der Waals surface area contributed by atoms with E-state index in [0.29, 0.717) is 0 Å². The van der Waals surface area contributed by atoms with Gasteiger partial charge in [-0.25, -0.2) is 0 Å². The molecular weight excluding hydrogens is 180 g/mol. The van der Waals surface area contributed by atoms with Crippen LogP contribution in [0.25, 0.3) is 10.8 Å². The molecule has 14 heavy (non-hydrogen) atoms. The average molecular weight is 187 g/mol. The number of hydrogen-bond donors (Lipinski definition) is 0. The van der Waals surface area contributed by atoms with Gasteiger partial charge in [-0.2, -0.15) is 0 Å². The first kappa shape index (κ1) is 8.50. The van der Waals surface area contributed by atoms with E-state index in [-0.39, 0.29) is 10.5 Å². The second kappa shape index (κ2) is 3.33. The van der Waals surface area contributed by atoms with E-state index in [4.69, 9.17) is 0 Å². The van der Waals surface area contributed by atoms with E-state index < -0.39 is 0 Å². The second-order valence-corrected chi connectivity index (χ2v) is 2.85. The van der Waals surface area contributed by atoms with Crippen molar-refractivity contribution in [3.8, 4) is 0 Å². The number of fused-ring (bicyclic) bond motifs is 1. The molecule has 0 saturated heterocycles. The summed E-state index contributed by atoms with van der Waals surface area (Å²) < 4.78 is 0. The lowest BCUT2D eigenvalue weighted by Crippen LogP contribution is -1.90. The minimum absolute atomic E-state index is 0.0856. The Hall–Kier alpha value is -2.10. The van der Waals surface area contributed by atoms with Crippen molar-refractivity contribution in [2.24, 2.45) is 5.28 Å². The highest BCUT2D eigenvalue weighted by Gasteiger charge is 2.06. The summed E-state index contributed by atoms with van der Waals surface area (Å²) in [4.78, 5) is 0.0856. The molecule has 0 bridgehead atoms. The molecule has 0 aromatic heterocycles. The third-order valence-electron chi connectivity index (χ3n) is 2.05. The highest BCUT2D eigenvalue weighted by atomic mass is 16.6. The molecule has 0 aliphatic carbocycles. The SMILES string of the molecule is [O-]/N=[N+](\[O-])c1cccc2ccccc12. The molecule has 4 nitrogen and oxygen atoms in total. The van der Waals surface area contributed by atoms with Crippen LogP contribution in [0.4, 0.5) is 5.69 Å². The van der Waals surface area contributed by atoms with E-state index in [1.807, 2.05) is 24.3 Å². The molecule has 0 aliphatic heterocycles. The van der Waals surface area contributed by atoms with Crippen LogP contribution >= 0.6 is 0 Å². The Balaban J connectivity index is 2.77. The Morgan fingerprint density at radius 2 is 1.71 bits per heavy atom. The topological polar surface area (TPSA) is 61.5 Å². The van der Waals surface area contributed by atoms with Gasteiger partial charge in [-0.05, 0) is 16.7 Å². The van der Waals surface area contributed by atoms with Gasteiger partial charge < -0.3 is 10.4 Å². The summed E-state index contributed by atoms with van der Waals surface area (Å²) in [7, 11) is 0. The lowest BCUT2D eigenvalue weighted by molar-refractivity contribution is -0.434. The summed E-state index contributed by atoms with van der Waals surface area (Å²) in [5.74, 6) is 0. The van der Waals surface area contributed by atoms with Crippen LogP contribution in [0, 0.1) is 10.4 Å². The lowest BCUT2D eigenvalue weighted by atomic mass is 10.1. The Kier molecular flexibility index (Phi) is 2.02. The van der Waals surface area contributed by atoms with E-state index in [9.17, 15) is 10.4 Å². The quantitative estimate of drug-likeness (QED) is 0.391. The van der Waals surface area contributed by atoms with E-state index in [1.165, 1.54) is 0 Å². The van der Waals surface area contributed by atoms with Crippen molar-refractivity contribution in [1.82, 2.24) is 0 Å². The van der Waals surface area contributed by atoms with Gasteiger partial charge in [-0.15, -0.1) is 0 Å². The predicted molar refractivity (Wildman–Crippen MR) is 53.0 cm³/mol. The van der Waals surface area contributed by atoms with Gasteiger partial charge in [0.05, 0.1) is 5.39 Å². The standard InChI is InChI=1S/C10H8N2O2/c13-11-12(14)10-7-3-5-8-4-1-2-6-9(8)10/h1-7,13H/p-1/b12-11-. The summed E-state index contributed by atoms with van der Waals surface area (Å²) in [5.41, 5.74) is 0.276. The Bertz CT molecular complexity index is 489. The molecule has 0 radical (unpaired) electrons. The summed E-state index contributed by atoms with van der Waals surface area (Å²) >= 11 is 0. The molecule has 2 rings (SSSR count). The lowest BCUT2D eigenvalue weighted by Gasteiger charge is -2.04. The predicted octanol–water partition coefficient (Wildman–Crippen LogP) is 2.93. The van der Waals surface area contributed by atoms with Crippen molar-refractivity contribution < 1.29 is 4.86 Å². The van der Waals surface area contributed by atoms with Crippen LogP contribution in [-0.2, 0) is 0 Å². The van der Waals surface area contributed by atoms with E-state index in [2.05, 4.69) is 5.28 Å². The first-order chi connectivity index (χ1) is 6.83. The zero-order chi connectivity index (χ0) is 9.97. The fourth-order valence-corrected chi connectivity index (χ4v) is 1.42. The number of hydrogen-bond acceptors (Lipinski definition) is 3. The highest BCUT2D eigenvalue weighted by Crippen LogP contribution is 2.24. The van der Waals surface area contributed by atoms with Gasteiger partial charge in [-0.3, -0.25) is 0 Å². The fraction of sp³-hybridized carbons (Fsp3) is 0. The van der Waals surface area contributed by atoms with Gasteiger partial charge >= 0.3 is 0 Å². The van der Waals surface area contributed by atoms with Crippen LogP contribution in [0.5, 0.6) is 0 Å². The minimum atomic E-state index is 0.0856. The Labute approximate surface area is 80.3 Å². The van der Waals surface area contributed by atoms with E-state index >= 15 is 0 Å². The fourth-order valence-electron chi connectivity index (χ4n) is 1.42. The molecule has 0 fully saturated rings. The molecule has 0 unspecified atom stereocenters. The van der Waals surface area contributed by atoms with Crippen molar-refractivity contribution >= 4 is 16.5 Å². The van der Waals surface area contributed by atoms with Crippen LogP contribution in [0.3, 0.4) is 0 Å². The van der Waals surface area contributed by atoms with E-state index in [0.717, 1.165) is 10.8 Å². The second-order valence-electron chi connectivity index (χ2n) is 2.85. The molecule has 2 aromatic rings. The van der Waals surface area contributed by atoms with E-state index in [1.54, 1.807) is 18.2 Å². The van der Waals surface area contributed by atoms with Crippen LogP contribution in [0.1, 0.15) is 0 Å². The average Bonchev–Trinajstić information content (AvgIpc) is 2.27. The smallest absolute Gasteiger partial charge is 0.251 e. The van der Waals surface area contributed by atoms with Crippen LogP contribution in [0.2, 0.25) is 0 Å². The molecule has 0 atom stereocenters. The summed E-state index contributed by atoms with van der Waals surface area (Å²) in [6.45, 7) is 0. The minimum Gasteiger partial charge on any atom is -0.739 e. The third-order valence-corrected chi connectivity index (χ3v) is 2.05. The molecule has 0 spiro atoms. The van der Waals surface area contributed by atoms with Crippen molar-refractivity contribution in [2.75, 3.05) is 0 Å². The molecule has 0 saturated carbocycles. The van der Waals surface area contributed by atoms with Crippen LogP contribution in [-0.4, -0.2) is 4.86 Å². The monoisotopic (exact) mass is 187 g/mol. The van der Waals surface area contributed by atoms with Crippen LogP contribution in [0.15, 0.2) is 47.7 Å². The maximum absolute atomic E-state index is 11.1. The zero-order valence-electron chi connectivity index (χ0n) is 7.25.